The summed E-state index contributed by atoms with van der Waals surface area (Å²) < 4.78 is 0. The minimum atomic E-state index is -0.379. The van der Waals surface area contributed by atoms with E-state index >= 15 is 0 Å². The van der Waals surface area contributed by atoms with Gasteiger partial charge >= 0.3 is 0 Å². The van der Waals surface area contributed by atoms with Crippen molar-refractivity contribution in [2.24, 2.45) is 0 Å². The van der Waals surface area contributed by atoms with Gasteiger partial charge in [-0.15, -0.1) is 0 Å². The molecule has 1 aliphatic heterocycles. The maximum Gasteiger partial charge on any atom is 0.273 e. The Morgan fingerprint density at radius 1 is 1.21 bits per heavy atom. The summed E-state index contributed by atoms with van der Waals surface area (Å²) in [5.74, 6) is -0.0166. The number of aryl methyl sites for hydroxylation is 2. The number of hydrogen-bond acceptors (Lipinski definition) is 4. The van der Waals surface area contributed by atoms with E-state index in [0.29, 0.717) is 34.9 Å². The minimum Gasteiger partial charge on any atom is -0.507 e. The van der Waals surface area contributed by atoms with Gasteiger partial charge in [-0.05, 0) is 55.2 Å². The molecular formula is C22H22ClN3O3. The Kier molecular flexibility index (Phi) is 5.06. The third kappa shape index (κ3) is 3.28. The van der Waals surface area contributed by atoms with Crippen LogP contribution in [0.15, 0.2) is 36.4 Å². The van der Waals surface area contributed by atoms with Gasteiger partial charge in [0.25, 0.3) is 5.91 Å². The lowest BCUT2D eigenvalue weighted by molar-refractivity contribution is 0.0732. The summed E-state index contributed by atoms with van der Waals surface area (Å²) in [5, 5.41) is 27.9. The molecule has 7 heteroatoms. The van der Waals surface area contributed by atoms with Gasteiger partial charge in [0, 0.05) is 29.3 Å². The number of phenols is 1. The van der Waals surface area contributed by atoms with E-state index in [4.69, 9.17) is 11.6 Å². The number of rotatable bonds is 5. The maximum absolute atomic E-state index is 13.1. The number of aromatic hydroxyl groups is 1. The van der Waals surface area contributed by atoms with Gasteiger partial charge in [-0.2, -0.15) is 5.10 Å². The number of H-pyrrole nitrogens is 1. The van der Waals surface area contributed by atoms with E-state index in [-0.39, 0.29) is 24.3 Å². The van der Waals surface area contributed by atoms with Crippen molar-refractivity contribution in [3.05, 3.63) is 69.4 Å². The SMILES string of the molecule is Cc1cc(C)c(O)c(-c2n[nH]c3c2[C@H](c2ccc(Cl)cc2)N(CCCO)C3=O)c1. The number of carbonyl (C=O) groups excluding carboxylic acids is 1. The lowest BCUT2D eigenvalue weighted by Crippen LogP contribution is -2.31. The van der Waals surface area contributed by atoms with Crippen LogP contribution in [-0.2, 0) is 0 Å². The summed E-state index contributed by atoms with van der Waals surface area (Å²) in [6.45, 7) is 4.20. The molecule has 4 rings (SSSR count). The number of nitrogens with zero attached hydrogens (tertiary/aromatic N) is 2. The van der Waals surface area contributed by atoms with Crippen molar-refractivity contribution in [1.29, 1.82) is 0 Å². The Morgan fingerprint density at radius 2 is 1.93 bits per heavy atom. The normalized spacial score (nSPS) is 15.8. The lowest BCUT2D eigenvalue weighted by Gasteiger charge is -2.26. The number of amides is 1. The first-order valence-corrected chi connectivity index (χ1v) is 9.86. The molecule has 0 saturated carbocycles. The molecule has 0 unspecified atom stereocenters. The van der Waals surface area contributed by atoms with E-state index in [1.165, 1.54) is 0 Å². The van der Waals surface area contributed by atoms with E-state index in [1.807, 2.05) is 38.1 Å². The minimum absolute atomic E-state index is 0.00593. The topological polar surface area (TPSA) is 89.5 Å². The largest absolute Gasteiger partial charge is 0.507 e. The van der Waals surface area contributed by atoms with Gasteiger partial charge in [-0.1, -0.05) is 29.8 Å². The molecule has 150 valence electrons. The number of benzene rings is 2. The second kappa shape index (κ2) is 7.54. The Balaban J connectivity index is 1.91. The molecule has 0 spiro atoms. The van der Waals surface area contributed by atoms with E-state index < -0.39 is 0 Å². The third-order valence-corrected chi connectivity index (χ3v) is 5.56. The third-order valence-electron chi connectivity index (χ3n) is 5.31. The monoisotopic (exact) mass is 411 g/mol. The fourth-order valence-electron chi connectivity index (χ4n) is 4.01. The summed E-state index contributed by atoms with van der Waals surface area (Å²) >= 11 is 6.06. The summed E-state index contributed by atoms with van der Waals surface area (Å²) in [6, 6.07) is 10.8. The van der Waals surface area contributed by atoms with Crippen LogP contribution in [0.3, 0.4) is 0 Å². The number of fused-ring (bicyclic) bond motifs is 1. The van der Waals surface area contributed by atoms with Crippen molar-refractivity contribution >= 4 is 17.5 Å². The Labute approximate surface area is 173 Å². The van der Waals surface area contributed by atoms with Crippen LogP contribution >= 0.6 is 11.6 Å². The van der Waals surface area contributed by atoms with Crippen LogP contribution in [0.1, 0.15) is 45.2 Å². The second-order valence-corrected chi connectivity index (χ2v) is 7.81. The highest BCUT2D eigenvalue weighted by molar-refractivity contribution is 6.30. The molecule has 0 saturated heterocycles. The van der Waals surface area contributed by atoms with Gasteiger partial charge in [-0.25, -0.2) is 0 Å². The van der Waals surface area contributed by atoms with E-state index in [2.05, 4.69) is 10.2 Å². The average Bonchev–Trinajstić information content (AvgIpc) is 3.23. The molecule has 29 heavy (non-hydrogen) atoms. The van der Waals surface area contributed by atoms with E-state index in [0.717, 1.165) is 22.3 Å². The molecule has 0 aliphatic carbocycles. The number of hydrogen-bond donors (Lipinski definition) is 3. The van der Waals surface area contributed by atoms with Crippen LogP contribution in [0.5, 0.6) is 5.75 Å². The first kappa shape index (κ1) is 19.5. The van der Waals surface area contributed by atoms with Crippen LogP contribution in [0.25, 0.3) is 11.3 Å². The highest BCUT2D eigenvalue weighted by Crippen LogP contribution is 2.45. The number of phenolic OH excluding ortho intramolecular Hbond substituents is 1. The predicted octanol–water partition coefficient (Wildman–Crippen LogP) is 3.98. The van der Waals surface area contributed by atoms with Crippen LogP contribution in [0.2, 0.25) is 5.02 Å². The summed E-state index contributed by atoms with van der Waals surface area (Å²) in [6.07, 6.45) is 0.470. The first-order chi connectivity index (χ1) is 13.9. The number of nitrogens with one attached hydrogen (secondary N) is 1. The number of halogens is 1. The molecule has 0 bridgehead atoms. The standard InChI is InChI=1S/C22H22ClN3O3/c1-12-10-13(2)21(28)16(11-12)18-17-19(25-24-18)22(29)26(8-3-9-27)20(17)14-4-6-15(23)7-5-14/h4-7,10-11,20,27-28H,3,8-9H2,1-2H3,(H,24,25)/t20-/m0/s1. The molecule has 2 aromatic carbocycles. The number of aliphatic hydroxyl groups excluding tert-OH is 1. The van der Waals surface area contributed by atoms with Gasteiger partial charge in [0.15, 0.2) is 0 Å². The van der Waals surface area contributed by atoms with Gasteiger partial charge < -0.3 is 15.1 Å². The zero-order valence-corrected chi connectivity index (χ0v) is 17.0. The molecule has 1 amide bonds. The van der Waals surface area contributed by atoms with Crippen LogP contribution < -0.4 is 0 Å². The average molecular weight is 412 g/mol. The van der Waals surface area contributed by atoms with E-state index in [9.17, 15) is 15.0 Å². The first-order valence-electron chi connectivity index (χ1n) is 9.48. The number of carbonyl (C=O) groups is 1. The lowest BCUT2D eigenvalue weighted by atomic mass is 9.94. The Bertz CT molecular complexity index is 1080. The smallest absolute Gasteiger partial charge is 0.273 e. The van der Waals surface area contributed by atoms with Crippen molar-refractivity contribution in [2.45, 2.75) is 26.3 Å². The highest BCUT2D eigenvalue weighted by Gasteiger charge is 2.42. The quantitative estimate of drug-likeness (QED) is 0.592. The molecule has 3 N–H and O–H groups in total. The van der Waals surface area contributed by atoms with Crippen molar-refractivity contribution in [3.63, 3.8) is 0 Å². The zero-order chi connectivity index (χ0) is 20.7. The molecule has 1 aromatic heterocycles. The van der Waals surface area contributed by atoms with Crippen LogP contribution in [-0.4, -0.2) is 44.4 Å². The second-order valence-electron chi connectivity index (χ2n) is 7.37. The summed E-state index contributed by atoms with van der Waals surface area (Å²) in [7, 11) is 0. The molecule has 0 radical (unpaired) electrons. The number of aromatic amines is 1. The van der Waals surface area contributed by atoms with Crippen LogP contribution in [0.4, 0.5) is 0 Å². The van der Waals surface area contributed by atoms with Crippen molar-refractivity contribution in [2.75, 3.05) is 13.2 Å². The van der Waals surface area contributed by atoms with Crippen molar-refractivity contribution in [3.8, 4) is 17.0 Å². The molecule has 3 aromatic rings. The number of aromatic nitrogens is 2. The molecule has 1 aliphatic rings. The Morgan fingerprint density at radius 3 is 2.62 bits per heavy atom. The molecule has 0 fully saturated rings. The van der Waals surface area contributed by atoms with Crippen LogP contribution in [0, 0.1) is 13.8 Å². The summed E-state index contributed by atoms with van der Waals surface area (Å²) in [5.41, 5.74) is 4.94. The molecule has 2 heterocycles. The number of aliphatic hydroxyl groups is 1. The molecular weight excluding hydrogens is 390 g/mol. The molecule has 6 nitrogen and oxygen atoms in total. The molecule has 1 atom stereocenters. The van der Waals surface area contributed by atoms with Gasteiger partial charge in [0.2, 0.25) is 0 Å². The van der Waals surface area contributed by atoms with Gasteiger partial charge in [-0.3, -0.25) is 9.89 Å². The van der Waals surface area contributed by atoms with Crippen molar-refractivity contribution < 1.29 is 15.0 Å². The summed E-state index contributed by atoms with van der Waals surface area (Å²) in [4.78, 5) is 14.8. The van der Waals surface area contributed by atoms with Crippen molar-refractivity contribution in [1.82, 2.24) is 15.1 Å². The van der Waals surface area contributed by atoms with E-state index in [1.54, 1.807) is 17.0 Å². The Hall–Kier alpha value is -2.83. The fourth-order valence-corrected chi connectivity index (χ4v) is 4.13. The maximum atomic E-state index is 13.1. The fraction of sp³-hybridized carbons (Fsp3) is 0.273. The van der Waals surface area contributed by atoms with Gasteiger partial charge in [0.1, 0.15) is 17.1 Å². The van der Waals surface area contributed by atoms with Gasteiger partial charge in [0.05, 0.1) is 6.04 Å². The highest BCUT2D eigenvalue weighted by atomic mass is 35.5. The predicted molar refractivity (Wildman–Crippen MR) is 111 cm³/mol. The zero-order valence-electron chi connectivity index (χ0n) is 16.2.